The zero-order chi connectivity index (χ0) is 18.1. The summed E-state index contributed by atoms with van der Waals surface area (Å²) in [6.07, 6.45) is 0.744. The number of carbonyl (C=O) groups is 2. The molecule has 0 bridgehead atoms. The van der Waals surface area contributed by atoms with Crippen LogP contribution in [0.2, 0.25) is 5.02 Å². The van der Waals surface area contributed by atoms with Crippen LogP contribution in [0.15, 0.2) is 24.3 Å². The summed E-state index contributed by atoms with van der Waals surface area (Å²) in [6, 6.07) is 5.84. The molecule has 25 heavy (non-hydrogen) atoms. The number of ether oxygens (including phenoxy) is 1. The third-order valence-electron chi connectivity index (χ3n) is 4.20. The number of hydrogen-bond donors (Lipinski definition) is 3. The summed E-state index contributed by atoms with van der Waals surface area (Å²) in [6.45, 7) is 5.18. The van der Waals surface area contributed by atoms with Crippen LogP contribution >= 0.6 is 11.6 Å². The van der Waals surface area contributed by atoms with Gasteiger partial charge in [0, 0.05) is 17.1 Å². The fraction of sp³-hybridized carbons (Fsp3) is 0.529. The molecule has 4 N–H and O–H groups in total. The molecule has 0 unspecified atom stereocenters. The normalized spacial score (nSPS) is 16.4. The lowest BCUT2D eigenvalue weighted by molar-refractivity contribution is -0.909. The number of amides is 1. The topological polar surface area (TPSA) is 99.5 Å². The van der Waals surface area contributed by atoms with E-state index in [4.69, 9.17) is 16.3 Å². The van der Waals surface area contributed by atoms with Gasteiger partial charge in [-0.1, -0.05) is 17.7 Å². The van der Waals surface area contributed by atoms with Gasteiger partial charge in [-0.25, -0.2) is 0 Å². The first kappa shape index (κ1) is 19.7. The number of anilines is 1. The van der Waals surface area contributed by atoms with Gasteiger partial charge >= 0.3 is 0 Å². The number of carboxylic acid groups (broad SMARTS) is 1. The Labute approximate surface area is 152 Å². The third-order valence-corrected chi connectivity index (χ3v) is 4.44. The van der Waals surface area contributed by atoms with Crippen molar-refractivity contribution in [2.75, 3.05) is 44.7 Å². The van der Waals surface area contributed by atoms with Gasteiger partial charge in [-0.3, -0.25) is 4.79 Å². The minimum absolute atomic E-state index is 0.140. The lowest BCUT2D eigenvalue weighted by Gasteiger charge is -2.23. The Bertz CT molecular complexity index is 579. The predicted molar refractivity (Wildman–Crippen MR) is 91.3 cm³/mol. The van der Waals surface area contributed by atoms with Crippen molar-refractivity contribution in [3.05, 3.63) is 29.3 Å². The Morgan fingerprint density at radius 3 is 2.80 bits per heavy atom. The molecule has 1 atom stereocenters. The highest BCUT2D eigenvalue weighted by Crippen LogP contribution is 2.14. The van der Waals surface area contributed by atoms with Gasteiger partial charge < -0.3 is 30.2 Å². The molecule has 1 aromatic rings. The van der Waals surface area contributed by atoms with E-state index in [-0.39, 0.29) is 12.3 Å². The molecule has 1 amide bonds. The average molecular weight is 371 g/mol. The summed E-state index contributed by atoms with van der Waals surface area (Å²) in [5.41, 5.74) is 0.547. The minimum Gasteiger partial charge on any atom is -0.544 e. The summed E-state index contributed by atoms with van der Waals surface area (Å²) in [7, 11) is 0. The van der Waals surface area contributed by atoms with Gasteiger partial charge in [-0.15, -0.1) is 0 Å². The maximum atomic E-state index is 12.0. The molecule has 1 aliphatic rings. The number of aliphatic carboxylic acids is 1. The zero-order valence-corrected chi connectivity index (χ0v) is 14.9. The van der Waals surface area contributed by atoms with Crippen LogP contribution in [0.4, 0.5) is 5.69 Å². The van der Waals surface area contributed by atoms with Gasteiger partial charge in [0.2, 0.25) is 5.91 Å². The highest BCUT2D eigenvalue weighted by atomic mass is 35.5. The Kier molecular flexibility index (Phi) is 8.14. The molecule has 7 nitrogen and oxygen atoms in total. The second kappa shape index (κ2) is 10.4. The first-order chi connectivity index (χ1) is 12.0. The highest BCUT2D eigenvalue weighted by Gasteiger charge is 2.19. The van der Waals surface area contributed by atoms with E-state index in [1.54, 1.807) is 29.6 Å². The molecular weight excluding hydrogens is 346 g/mol. The van der Waals surface area contributed by atoms with Crippen LogP contribution in [0, 0.1) is 0 Å². The summed E-state index contributed by atoms with van der Waals surface area (Å²) in [5, 5.41) is 16.1. The van der Waals surface area contributed by atoms with Crippen LogP contribution in [-0.4, -0.2) is 57.3 Å². The third kappa shape index (κ3) is 7.39. The van der Waals surface area contributed by atoms with Crippen molar-refractivity contribution < 1.29 is 29.6 Å². The standard InChI is InChI=1S/C17H24ClN3O4/c18-13-3-1-4-14(11-13)20-16(22)12-15(17(23)24)19-5-2-6-21-7-9-25-10-8-21/h1,3-4,11,15,19H,2,5-10,12H2,(H,20,22)(H,23,24)/p+1/t15-/m1/s1. The molecular formula is C17H25ClN3O4+. The molecule has 2 rings (SSSR count). The Balaban J connectivity index is 1.71. The van der Waals surface area contributed by atoms with Crippen molar-refractivity contribution in [2.24, 2.45) is 0 Å². The molecule has 0 saturated carbocycles. The van der Waals surface area contributed by atoms with Crippen molar-refractivity contribution in [3.63, 3.8) is 0 Å². The van der Waals surface area contributed by atoms with Gasteiger partial charge in [0.25, 0.3) is 0 Å². The van der Waals surface area contributed by atoms with Crippen LogP contribution in [0.25, 0.3) is 0 Å². The number of morpholine rings is 1. The van der Waals surface area contributed by atoms with Crippen molar-refractivity contribution in [3.8, 4) is 0 Å². The molecule has 0 aliphatic carbocycles. The van der Waals surface area contributed by atoms with Crippen LogP contribution < -0.4 is 20.6 Å². The Morgan fingerprint density at radius 1 is 1.36 bits per heavy atom. The number of rotatable bonds is 9. The number of halogens is 1. The maximum Gasteiger partial charge on any atom is 0.230 e. The molecule has 0 radical (unpaired) electrons. The first-order valence-electron chi connectivity index (χ1n) is 8.55. The van der Waals surface area contributed by atoms with Crippen molar-refractivity contribution >= 4 is 29.2 Å². The van der Waals surface area contributed by atoms with Gasteiger partial charge in [-0.05, 0) is 18.2 Å². The summed E-state index contributed by atoms with van der Waals surface area (Å²) in [5.74, 6) is -1.59. The van der Waals surface area contributed by atoms with Crippen LogP contribution in [-0.2, 0) is 14.3 Å². The van der Waals surface area contributed by atoms with E-state index < -0.39 is 12.0 Å². The van der Waals surface area contributed by atoms with Crippen molar-refractivity contribution in [1.82, 2.24) is 0 Å². The molecule has 1 fully saturated rings. The summed E-state index contributed by atoms with van der Waals surface area (Å²) >= 11 is 5.86. The van der Waals surface area contributed by atoms with Crippen molar-refractivity contribution in [1.29, 1.82) is 0 Å². The number of quaternary nitrogens is 2. The molecule has 1 heterocycles. The minimum atomic E-state index is -1.22. The molecule has 1 saturated heterocycles. The second-order valence-corrected chi connectivity index (χ2v) is 6.61. The number of carbonyl (C=O) groups excluding carboxylic acids is 2. The van der Waals surface area contributed by atoms with E-state index in [1.807, 2.05) is 0 Å². The number of nitrogens with two attached hydrogens (primary N) is 1. The van der Waals surface area contributed by atoms with Crippen LogP contribution in [0.5, 0.6) is 0 Å². The SMILES string of the molecule is O=C(C[C@@H]([NH2+]CCC[NH+]1CCOCC1)C(=O)[O-])Nc1cccc(Cl)c1. The van der Waals surface area contributed by atoms with E-state index in [1.165, 1.54) is 4.90 Å². The van der Waals surface area contributed by atoms with Crippen LogP contribution in [0.1, 0.15) is 12.8 Å². The lowest BCUT2D eigenvalue weighted by atomic mass is 10.2. The van der Waals surface area contributed by atoms with Gasteiger partial charge in [-0.2, -0.15) is 0 Å². The molecule has 0 aromatic heterocycles. The molecule has 1 aromatic carbocycles. The Hall–Kier alpha value is -1.67. The largest absolute Gasteiger partial charge is 0.544 e. The monoisotopic (exact) mass is 370 g/mol. The number of nitrogens with one attached hydrogen (secondary N) is 2. The maximum absolute atomic E-state index is 12.0. The number of carboxylic acids is 1. The van der Waals surface area contributed by atoms with E-state index >= 15 is 0 Å². The first-order valence-corrected chi connectivity index (χ1v) is 8.93. The summed E-state index contributed by atoms with van der Waals surface area (Å²) < 4.78 is 5.31. The summed E-state index contributed by atoms with van der Waals surface area (Å²) in [4.78, 5) is 24.8. The van der Waals surface area contributed by atoms with Gasteiger partial charge in [0.15, 0.2) is 0 Å². The van der Waals surface area contributed by atoms with Crippen molar-refractivity contribution in [2.45, 2.75) is 18.9 Å². The molecule has 8 heteroatoms. The molecule has 0 spiro atoms. The van der Waals surface area contributed by atoms with E-state index in [2.05, 4.69) is 5.32 Å². The fourth-order valence-electron chi connectivity index (χ4n) is 2.82. The quantitative estimate of drug-likeness (QED) is 0.424. The van der Waals surface area contributed by atoms with Gasteiger partial charge in [0.05, 0.1) is 38.7 Å². The number of hydrogen-bond acceptors (Lipinski definition) is 4. The van der Waals surface area contributed by atoms with Crippen LogP contribution in [0.3, 0.4) is 0 Å². The zero-order valence-electron chi connectivity index (χ0n) is 14.1. The smallest absolute Gasteiger partial charge is 0.230 e. The van der Waals surface area contributed by atoms with Gasteiger partial charge in [0.1, 0.15) is 19.1 Å². The fourth-order valence-corrected chi connectivity index (χ4v) is 3.01. The van der Waals surface area contributed by atoms with E-state index in [0.29, 0.717) is 17.3 Å². The predicted octanol–water partition coefficient (Wildman–Crippen LogP) is -2.34. The average Bonchev–Trinajstić information content (AvgIpc) is 2.58. The molecule has 138 valence electrons. The Morgan fingerprint density at radius 2 is 2.12 bits per heavy atom. The highest BCUT2D eigenvalue weighted by molar-refractivity contribution is 6.30. The number of benzene rings is 1. The van der Waals surface area contributed by atoms with E-state index in [9.17, 15) is 14.7 Å². The van der Waals surface area contributed by atoms with E-state index in [0.717, 1.165) is 39.3 Å². The second-order valence-electron chi connectivity index (χ2n) is 6.18. The lowest BCUT2D eigenvalue weighted by Crippen LogP contribution is -3.14. The molecule has 1 aliphatic heterocycles.